The van der Waals surface area contributed by atoms with Crippen LogP contribution in [0.2, 0.25) is 0 Å². The highest BCUT2D eigenvalue weighted by molar-refractivity contribution is 5.64. The Balaban J connectivity index is 3.07. The molecule has 0 aliphatic carbocycles. The summed E-state index contributed by atoms with van der Waals surface area (Å²) in [5, 5.41) is 13.6. The maximum atomic E-state index is 10.1. The summed E-state index contributed by atoms with van der Waals surface area (Å²) < 4.78 is 16.0. The molecule has 0 aromatic carbocycles. The molecule has 0 aromatic rings. The topological polar surface area (TPSA) is 92.3 Å². The van der Waals surface area contributed by atoms with E-state index in [1.165, 1.54) is 0 Å². The molecule has 0 spiro atoms. The van der Waals surface area contributed by atoms with E-state index in [-0.39, 0.29) is 0 Å². The third-order valence-corrected chi connectivity index (χ3v) is 2.63. The van der Waals surface area contributed by atoms with Crippen molar-refractivity contribution in [2.24, 2.45) is 0 Å². The molecular formula is C13H29N3O5. The van der Waals surface area contributed by atoms with Crippen LogP contribution in [0.15, 0.2) is 0 Å². The van der Waals surface area contributed by atoms with Gasteiger partial charge in [0, 0.05) is 26.2 Å². The van der Waals surface area contributed by atoms with Crippen molar-refractivity contribution in [2.75, 3.05) is 79.9 Å². The summed E-state index contributed by atoms with van der Waals surface area (Å²) in [6, 6.07) is 0. The van der Waals surface area contributed by atoms with Crippen LogP contribution in [0.1, 0.15) is 0 Å². The molecule has 3 N–H and O–H groups in total. The zero-order valence-electron chi connectivity index (χ0n) is 13.1. The van der Waals surface area contributed by atoms with Gasteiger partial charge < -0.3 is 34.9 Å². The predicted octanol–water partition coefficient (Wildman–Crippen LogP) is -0.545. The molecule has 0 unspecified atom stereocenters. The van der Waals surface area contributed by atoms with Crippen LogP contribution in [-0.4, -0.2) is 96.0 Å². The lowest BCUT2D eigenvalue weighted by Crippen LogP contribution is -2.30. The third kappa shape index (κ3) is 17.0. The molecule has 0 bridgehead atoms. The number of ether oxygens (including phenoxy) is 3. The third-order valence-electron chi connectivity index (χ3n) is 2.63. The second-order valence-corrected chi connectivity index (χ2v) is 4.48. The van der Waals surface area contributed by atoms with Crippen LogP contribution in [0, 0.1) is 0 Å². The number of likely N-dealkylation sites (N-methyl/N-ethyl adjacent to an activating group) is 2. The number of amides is 1. The minimum absolute atomic E-state index is 0.291. The average molecular weight is 307 g/mol. The van der Waals surface area contributed by atoms with Gasteiger partial charge in [-0.3, -0.25) is 0 Å². The summed E-state index contributed by atoms with van der Waals surface area (Å²) in [5.41, 5.74) is 0. The highest BCUT2D eigenvalue weighted by atomic mass is 16.5. The summed E-state index contributed by atoms with van der Waals surface area (Å²) in [7, 11) is 4.00. The van der Waals surface area contributed by atoms with E-state index in [1.807, 2.05) is 7.05 Å². The second kappa shape index (κ2) is 15.5. The van der Waals surface area contributed by atoms with Crippen LogP contribution >= 0.6 is 0 Å². The van der Waals surface area contributed by atoms with Gasteiger partial charge in [-0.15, -0.1) is 0 Å². The second-order valence-electron chi connectivity index (χ2n) is 4.48. The fourth-order valence-corrected chi connectivity index (χ4v) is 1.41. The van der Waals surface area contributed by atoms with E-state index in [0.29, 0.717) is 46.2 Å². The Labute approximate surface area is 126 Å². The predicted molar refractivity (Wildman–Crippen MR) is 79.9 cm³/mol. The molecule has 8 nitrogen and oxygen atoms in total. The van der Waals surface area contributed by atoms with Crippen molar-refractivity contribution in [3.63, 3.8) is 0 Å². The van der Waals surface area contributed by atoms with Crippen LogP contribution in [-0.2, 0) is 14.2 Å². The molecule has 0 heterocycles. The molecule has 0 aliphatic rings. The Kier molecular flexibility index (Phi) is 14.8. The van der Waals surface area contributed by atoms with Gasteiger partial charge in [-0.2, -0.15) is 0 Å². The highest BCUT2D eigenvalue weighted by Crippen LogP contribution is 1.84. The molecule has 0 aliphatic heterocycles. The van der Waals surface area contributed by atoms with E-state index >= 15 is 0 Å². The zero-order chi connectivity index (χ0) is 15.8. The molecule has 1 amide bonds. The lowest BCUT2D eigenvalue weighted by atomic mass is 10.5. The van der Waals surface area contributed by atoms with Crippen LogP contribution in [0.5, 0.6) is 0 Å². The number of nitrogens with one attached hydrogen (secondary N) is 2. The van der Waals surface area contributed by atoms with Crippen LogP contribution in [0.3, 0.4) is 0 Å². The SMILES string of the molecule is CNCCN(C)CCOCCOCCOCCNC(=O)O. The van der Waals surface area contributed by atoms with E-state index in [2.05, 4.69) is 22.6 Å². The molecule has 0 fully saturated rings. The van der Waals surface area contributed by atoms with Gasteiger partial charge in [-0.1, -0.05) is 0 Å². The summed E-state index contributed by atoms with van der Waals surface area (Å²) in [6.07, 6.45) is -1.04. The molecule has 0 radical (unpaired) electrons. The molecule has 21 heavy (non-hydrogen) atoms. The van der Waals surface area contributed by atoms with E-state index in [4.69, 9.17) is 19.3 Å². The first-order chi connectivity index (χ1) is 10.2. The van der Waals surface area contributed by atoms with Gasteiger partial charge in [0.1, 0.15) is 0 Å². The Morgan fingerprint density at radius 3 is 2.10 bits per heavy atom. The number of nitrogens with zero attached hydrogens (tertiary/aromatic N) is 1. The maximum absolute atomic E-state index is 10.1. The van der Waals surface area contributed by atoms with Crippen LogP contribution in [0.25, 0.3) is 0 Å². The normalized spacial score (nSPS) is 11.0. The monoisotopic (exact) mass is 307 g/mol. The van der Waals surface area contributed by atoms with Gasteiger partial charge in [0.05, 0.1) is 39.6 Å². The van der Waals surface area contributed by atoms with Crippen molar-refractivity contribution in [3.05, 3.63) is 0 Å². The van der Waals surface area contributed by atoms with Gasteiger partial charge in [0.25, 0.3) is 0 Å². The average Bonchev–Trinajstić information content (AvgIpc) is 2.45. The van der Waals surface area contributed by atoms with Crippen LogP contribution < -0.4 is 10.6 Å². The van der Waals surface area contributed by atoms with E-state index in [1.54, 1.807) is 0 Å². The smallest absolute Gasteiger partial charge is 0.404 e. The van der Waals surface area contributed by atoms with E-state index in [0.717, 1.165) is 19.6 Å². The van der Waals surface area contributed by atoms with Crippen molar-refractivity contribution in [1.29, 1.82) is 0 Å². The van der Waals surface area contributed by atoms with Crippen molar-refractivity contribution in [2.45, 2.75) is 0 Å². The maximum Gasteiger partial charge on any atom is 0.404 e. The van der Waals surface area contributed by atoms with Gasteiger partial charge >= 0.3 is 6.09 Å². The number of rotatable bonds is 15. The zero-order valence-corrected chi connectivity index (χ0v) is 13.1. The Morgan fingerprint density at radius 1 is 0.952 bits per heavy atom. The Bertz CT molecular complexity index is 244. The van der Waals surface area contributed by atoms with E-state index in [9.17, 15) is 4.79 Å². The molecule has 0 atom stereocenters. The molecule has 0 saturated carbocycles. The molecule has 126 valence electrons. The molecule has 8 heteroatoms. The lowest BCUT2D eigenvalue weighted by molar-refractivity contribution is 0.0122. The Morgan fingerprint density at radius 2 is 1.52 bits per heavy atom. The first-order valence-corrected chi connectivity index (χ1v) is 7.20. The van der Waals surface area contributed by atoms with Gasteiger partial charge in [0.15, 0.2) is 0 Å². The van der Waals surface area contributed by atoms with E-state index < -0.39 is 6.09 Å². The van der Waals surface area contributed by atoms with Gasteiger partial charge in [0.2, 0.25) is 0 Å². The largest absolute Gasteiger partial charge is 0.465 e. The van der Waals surface area contributed by atoms with Crippen molar-refractivity contribution in [3.8, 4) is 0 Å². The number of carbonyl (C=O) groups is 1. The standard InChI is InChI=1S/C13H29N3O5/c1-14-3-5-16(2)6-8-20-10-12-21-11-9-19-7-4-15-13(17)18/h14-15H,3-12H2,1-2H3,(H,17,18). The summed E-state index contributed by atoms with van der Waals surface area (Å²) >= 11 is 0. The van der Waals surface area contributed by atoms with Gasteiger partial charge in [-0.25, -0.2) is 4.79 Å². The molecule has 0 aromatic heterocycles. The fourth-order valence-electron chi connectivity index (χ4n) is 1.41. The first-order valence-electron chi connectivity index (χ1n) is 7.20. The fraction of sp³-hybridized carbons (Fsp3) is 0.923. The lowest BCUT2D eigenvalue weighted by Gasteiger charge is -2.16. The summed E-state index contributed by atoms with van der Waals surface area (Å²) in [6.45, 7) is 6.27. The van der Waals surface area contributed by atoms with Crippen molar-refractivity contribution in [1.82, 2.24) is 15.5 Å². The summed E-state index contributed by atoms with van der Waals surface area (Å²) in [4.78, 5) is 12.3. The van der Waals surface area contributed by atoms with Gasteiger partial charge in [-0.05, 0) is 14.1 Å². The number of carboxylic acid groups (broad SMARTS) is 1. The molecule has 0 saturated heterocycles. The quantitative estimate of drug-likeness (QED) is 0.350. The Hall–Kier alpha value is -0.930. The number of hydrogen-bond acceptors (Lipinski definition) is 6. The highest BCUT2D eigenvalue weighted by Gasteiger charge is 1.97. The molecular weight excluding hydrogens is 278 g/mol. The summed E-state index contributed by atoms with van der Waals surface area (Å²) in [5.74, 6) is 0. The first kappa shape index (κ1) is 20.1. The number of hydrogen-bond donors (Lipinski definition) is 3. The van der Waals surface area contributed by atoms with Crippen molar-refractivity contribution >= 4 is 6.09 Å². The minimum atomic E-state index is -1.04. The molecule has 0 rings (SSSR count). The van der Waals surface area contributed by atoms with Crippen LogP contribution in [0.4, 0.5) is 4.79 Å². The minimum Gasteiger partial charge on any atom is -0.465 e. The van der Waals surface area contributed by atoms with Crippen molar-refractivity contribution < 1.29 is 24.1 Å².